The highest BCUT2D eigenvalue weighted by atomic mass is 35.5. The first-order chi connectivity index (χ1) is 19.8. The molecule has 0 unspecified atom stereocenters. The lowest BCUT2D eigenvalue weighted by atomic mass is 10.0. The zero-order valence-electron chi connectivity index (χ0n) is 22.0. The molecule has 0 fully saturated rings. The lowest BCUT2D eigenvalue weighted by molar-refractivity contribution is -0.119. The Hall–Kier alpha value is -5.02. The number of esters is 1. The van der Waals surface area contributed by atoms with Gasteiger partial charge in [0.2, 0.25) is 0 Å². The molecule has 41 heavy (non-hydrogen) atoms. The van der Waals surface area contributed by atoms with Crippen molar-refractivity contribution in [2.75, 3.05) is 26.1 Å². The molecule has 0 aliphatic rings. The van der Waals surface area contributed by atoms with E-state index in [4.69, 9.17) is 35.8 Å². The molecule has 206 valence electrons. The van der Waals surface area contributed by atoms with Crippen LogP contribution in [0.2, 0.25) is 5.02 Å². The van der Waals surface area contributed by atoms with Gasteiger partial charge in [0, 0.05) is 16.8 Å². The number of hydrogen-bond donors (Lipinski definition) is 1. The molecule has 0 aliphatic carbocycles. The second-order valence-corrected chi connectivity index (χ2v) is 9.24. The van der Waals surface area contributed by atoms with Crippen LogP contribution in [-0.2, 0) is 9.53 Å². The molecule has 0 atom stereocenters. The number of rotatable bonds is 8. The van der Waals surface area contributed by atoms with Crippen LogP contribution in [0.15, 0.2) is 84.9 Å². The molecule has 0 spiro atoms. The monoisotopic (exact) mass is 571 g/mol. The predicted octanol–water partition coefficient (Wildman–Crippen LogP) is 6.57. The van der Waals surface area contributed by atoms with E-state index in [-0.39, 0.29) is 16.3 Å². The highest BCUT2D eigenvalue weighted by Gasteiger charge is 2.17. The van der Waals surface area contributed by atoms with Crippen LogP contribution in [0.3, 0.4) is 0 Å². The molecule has 0 bridgehead atoms. The molecule has 0 radical (unpaired) electrons. The molecule has 0 saturated heterocycles. The molecule has 10 heteroatoms. The smallest absolute Gasteiger partial charge is 0.338 e. The van der Waals surface area contributed by atoms with E-state index in [9.17, 15) is 14.0 Å². The topological polar surface area (TPSA) is 99.6 Å². The number of anilines is 1. The van der Waals surface area contributed by atoms with Crippen molar-refractivity contribution < 1.29 is 28.2 Å². The summed E-state index contributed by atoms with van der Waals surface area (Å²) in [7, 11) is 3.19. The summed E-state index contributed by atoms with van der Waals surface area (Å²) >= 11 is 5.74. The lowest BCUT2D eigenvalue weighted by Gasteiger charge is -2.12. The van der Waals surface area contributed by atoms with Gasteiger partial charge >= 0.3 is 5.97 Å². The zero-order chi connectivity index (χ0) is 28.9. The summed E-state index contributed by atoms with van der Waals surface area (Å²) in [6.07, 6.45) is 0. The number of nitrogens with one attached hydrogen (secondary N) is 1. The van der Waals surface area contributed by atoms with Crippen LogP contribution < -0.4 is 14.8 Å². The first kappa shape index (κ1) is 27.5. The van der Waals surface area contributed by atoms with Crippen LogP contribution in [0.25, 0.3) is 33.5 Å². The Morgan fingerprint density at radius 3 is 1.93 bits per heavy atom. The van der Waals surface area contributed by atoms with E-state index >= 15 is 0 Å². The van der Waals surface area contributed by atoms with Crippen molar-refractivity contribution in [1.29, 1.82) is 0 Å². The highest BCUT2D eigenvalue weighted by Crippen LogP contribution is 2.33. The van der Waals surface area contributed by atoms with Crippen LogP contribution in [0, 0.1) is 5.82 Å². The molecule has 0 aliphatic heterocycles. The number of carbonyl (C=O) groups is 2. The Kier molecular flexibility index (Phi) is 8.07. The quantitative estimate of drug-likeness (QED) is 0.210. The fraction of sp³-hybridized carbons (Fsp3) is 0.0968. The molecule has 4 aromatic carbocycles. The summed E-state index contributed by atoms with van der Waals surface area (Å²) in [5.41, 5.74) is 4.40. The van der Waals surface area contributed by atoms with Crippen molar-refractivity contribution >= 4 is 40.2 Å². The van der Waals surface area contributed by atoms with E-state index in [1.54, 1.807) is 32.4 Å². The van der Waals surface area contributed by atoms with Gasteiger partial charge in [-0.1, -0.05) is 11.6 Å². The van der Waals surface area contributed by atoms with Crippen LogP contribution in [0.1, 0.15) is 10.4 Å². The van der Waals surface area contributed by atoms with Crippen LogP contribution in [0.5, 0.6) is 11.5 Å². The van der Waals surface area contributed by atoms with E-state index in [2.05, 4.69) is 5.32 Å². The molecular weight excluding hydrogens is 549 g/mol. The average Bonchev–Trinajstić information content (AvgIpc) is 3.01. The molecule has 1 aromatic heterocycles. The van der Waals surface area contributed by atoms with E-state index in [0.29, 0.717) is 33.9 Å². The number of amides is 1. The third-order valence-electron chi connectivity index (χ3n) is 6.16. The largest absolute Gasteiger partial charge is 0.497 e. The van der Waals surface area contributed by atoms with Crippen LogP contribution in [0.4, 0.5) is 10.1 Å². The summed E-state index contributed by atoms with van der Waals surface area (Å²) < 4.78 is 29.1. The summed E-state index contributed by atoms with van der Waals surface area (Å²) in [5.74, 6) is -0.516. The zero-order valence-corrected chi connectivity index (χ0v) is 22.7. The number of carbonyl (C=O) groups excluding carboxylic acids is 2. The Morgan fingerprint density at radius 2 is 1.37 bits per heavy atom. The third kappa shape index (κ3) is 6.26. The third-order valence-corrected chi connectivity index (χ3v) is 6.45. The Bertz CT molecular complexity index is 1740. The number of fused-ring (bicyclic) bond motifs is 1. The molecule has 1 heterocycles. The van der Waals surface area contributed by atoms with Crippen molar-refractivity contribution in [1.82, 2.24) is 9.97 Å². The molecule has 0 saturated carbocycles. The summed E-state index contributed by atoms with van der Waals surface area (Å²) in [6.45, 7) is -0.551. The van der Waals surface area contributed by atoms with Gasteiger partial charge in [0.05, 0.1) is 47.2 Å². The number of methoxy groups -OCH3 is 2. The second-order valence-electron chi connectivity index (χ2n) is 8.83. The molecular formula is C31H23ClFN3O5. The van der Waals surface area contributed by atoms with Gasteiger partial charge in [-0.3, -0.25) is 4.79 Å². The fourth-order valence-corrected chi connectivity index (χ4v) is 4.25. The van der Waals surface area contributed by atoms with Crippen molar-refractivity contribution in [2.24, 2.45) is 0 Å². The first-order valence-corrected chi connectivity index (χ1v) is 12.7. The Balaban J connectivity index is 1.42. The second kappa shape index (κ2) is 12.0. The molecule has 1 amide bonds. The number of aromatic nitrogens is 2. The minimum Gasteiger partial charge on any atom is -0.497 e. The summed E-state index contributed by atoms with van der Waals surface area (Å²) in [4.78, 5) is 34.8. The van der Waals surface area contributed by atoms with Gasteiger partial charge in [-0.15, -0.1) is 0 Å². The number of halogens is 2. The van der Waals surface area contributed by atoms with Crippen molar-refractivity contribution in [3.63, 3.8) is 0 Å². The van der Waals surface area contributed by atoms with E-state index in [0.717, 1.165) is 17.2 Å². The van der Waals surface area contributed by atoms with Gasteiger partial charge in [0.25, 0.3) is 5.91 Å². The Morgan fingerprint density at radius 1 is 0.780 bits per heavy atom. The summed E-state index contributed by atoms with van der Waals surface area (Å²) in [6, 6.07) is 23.5. The van der Waals surface area contributed by atoms with Gasteiger partial charge in [-0.2, -0.15) is 0 Å². The average molecular weight is 572 g/mol. The minimum absolute atomic E-state index is 0.138. The van der Waals surface area contributed by atoms with Gasteiger partial charge in [-0.05, 0) is 84.9 Å². The standard InChI is InChI=1S/C31H23ClFN3O5/c1-39-22-9-3-18(4-10-22)29-30(19-5-11-23(40-2)12-6-19)36-27-15-20(7-14-26(27)35-29)31(38)41-17-28(37)34-21-8-13-25(33)24(32)16-21/h3-16H,17H2,1-2H3,(H,34,37). The number of ether oxygens (including phenoxy) is 3. The maximum atomic E-state index is 13.3. The minimum atomic E-state index is -0.716. The molecule has 1 N–H and O–H groups in total. The fourth-order valence-electron chi connectivity index (χ4n) is 4.07. The maximum absolute atomic E-state index is 13.3. The van der Waals surface area contributed by atoms with Gasteiger partial charge in [0.1, 0.15) is 17.3 Å². The number of hydrogen-bond acceptors (Lipinski definition) is 7. The Labute approximate surface area is 239 Å². The lowest BCUT2D eigenvalue weighted by Crippen LogP contribution is -2.21. The predicted molar refractivity (Wildman–Crippen MR) is 154 cm³/mol. The van der Waals surface area contributed by atoms with E-state index in [1.165, 1.54) is 12.1 Å². The molecule has 5 rings (SSSR count). The van der Waals surface area contributed by atoms with Gasteiger partial charge in [-0.25, -0.2) is 19.2 Å². The van der Waals surface area contributed by atoms with Gasteiger partial charge in [0.15, 0.2) is 6.61 Å². The van der Waals surface area contributed by atoms with Crippen molar-refractivity contribution in [3.05, 3.63) is 101 Å². The number of benzene rings is 4. The van der Waals surface area contributed by atoms with Crippen LogP contribution in [-0.4, -0.2) is 42.7 Å². The number of nitrogens with zero attached hydrogens (tertiary/aromatic N) is 2. The SMILES string of the molecule is COc1ccc(-c2nc3ccc(C(=O)OCC(=O)Nc4ccc(F)c(Cl)c4)cc3nc2-c2ccc(OC)cc2)cc1. The molecule has 8 nitrogen and oxygen atoms in total. The molecule has 5 aromatic rings. The van der Waals surface area contributed by atoms with E-state index in [1.807, 2.05) is 48.5 Å². The maximum Gasteiger partial charge on any atom is 0.338 e. The van der Waals surface area contributed by atoms with E-state index < -0.39 is 24.3 Å². The van der Waals surface area contributed by atoms with Crippen molar-refractivity contribution in [2.45, 2.75) is 0 Å². The van der Waals surface area contributed by atoms with Gasteiger partial charge < -0.3 is 19.5 Å². The normalized spacial score (nSPS) is 10.7. The van der Waals surface area contributed by atoms with Crippen LogP contribution >= 0.6 is 11.6 Å². The summed E-state index contributed by atoms with van der Waals surface area (Å²) in [5, 5.41) is 2.36. The van der Waals surface area contributed by atoms with Crippen molar-refractivity contribution in [3.8, 4) is 34.0 Å². The first-order valence-electron chi connectivity index (χ1n) is 12.4. The highest BCUT2D eigenvalue weighted by molar-refractivity contribution is 6.31.